The zero-order valence-corrected chi connectivity index (χ0v) is 17.8. The normalized spacial score (nSPS) is 10.8. The van der Waals surface area contributed by atoms with Gasteiger partial charge >= 0.3 is 17.7 Å². The van der Waals surface area contributed by atoms with E-state index in [1.54, 1.807) is 43.3 Å². The number of aryl methyl sites for hydroxylation is 1. The minimum absolute atomic E-state index is 0.0131. The lowest BCUT2D eigenvalue weighted by molar-refractivity contribution is 0.0466. The summed E-state index contributed by atoms with van der Waals surface area (Å²) in [7, 11) is 1.45. The molecular weight excluding hydrogens is 430 g/mol. The van der Waals surface area contributed by atoms with Gasteiger partial charge in [-0.2, -0.15) is 5.10 Å². The number of rotatable bonds is 5. The van der Waals surface area contributed by atoms with E-state index in [1.165, 1.54) is 19.2 Å². The predicted octanol–water partition coefficient (Wildman–Crippen LogP) is 2.97. The summed E-state index contributed by atoms with van der Waals surface area (Å²) in [6, 6.07) is 12.5. The third-order valence-electron chi connectivity index (χ3n) is 4.86. The lowest BCUT2D eigenvalue weighted by atomic mass is 10.1. The second-order valence-electron chi connectivity index (χ2n) is 7.05. The Balaban J connectivity index is 1.62. The van der Waals surface area contributed by atoms with E-state index in [4.69, 9.17) is 13.9 Å². The number of nitrogens with zero attached hydrogens (tertiary/aromatic N) is 2. The van der Waals surface area contributed by atoms with Crippen LogP contribution in [0.3, 0.4) is 0 Å². The topological polar surface area (TPSA) is 130 Å². The Hall–Kier alpha value is -4.47. The van der Waals surface area contributed by atoms with Gasteiger partial charge in [0.25, 0.3) is 5.56 Å². The largest absolute Gasteiger partial charge is 0.456 e. The Morgan fingerprint density at radius 1 is 1.03 bits per heavy atom. The van der Waals surface area contributed by atoms with E-state index in [1.807, 2.05) is 0 Å². The molecule has 1 amide bonds. The van der Waals surface area contributed by atoms with E-state index in [0.717, 1.165) is 4.68 Å². The van der Waals surface area contributed by atoms with Crippen molar-refractivity contribution in [2.24, 2.45) is 7.05 Å². The van der Waals surface area contributed by atoms with Crippen LogP contribution in [0.4, 0.5) is 10.5 Å². The molecule has 0 aliphatic heterocycles. The fraction of sp³-hybridized carbons (Fsp3) is 0.174. The van der Waals surface area contributed by atoms with Crippen molar-refractivity contribution in [3.8, 4) is 0 Å². The summed E-state index contributed by atoms with van der Waals surface area (Å²) in [5.41, 5.74) is -0.00601. The molecule has 0 saturated heterocycles. The fourth-order valence-electron chi connectivity index (χ4n) is 3.37. The summed E-state index contributed by atoms with van der Waals surface area (Å²) in [6.07, 6.45) is -0.638. The maximum absolute atomic E-state index is 12.8. The molecule has 0 saturated carbocycles. The molecule has 4 rings (SSSR count). The van der Waals surface area contributed by atoms with Crippen LogP contribution in [0.15, 0.2) is 62.5 Å². The van der Waals surface area contributed by atoms with Gasteiger partial charge in [0.2, 0.25) is 0 Å². The number of ether oxygens (including phenoxy) is 2. The van der Waals surface area contributed by atoms with E-state index in [9.17, 15) is 19.2 Å². The summed E-state index contributed by atoms with van der Waals surface area (Å²) in [5.74, 6) is -0.746. The highest BCUT2D eigenvalue weighted by Crippen LogP contribution is 2.23. The number of amides is 1. The molecule has 1 N–H and O–H groups in total. The van der Waals surface area contributed by atoms with Crippen LogP contribution in [0.25, 0.3) is 21.7 Å². The van der Waals surface area contributed by atoms with Crippen LogP contribution in [-0.4, -0.2) is 28.4 Å². The third-order valence-corrected chi connectivity index (χ3v) is 4.86. The Kier molecular flexibility index (Phi) is 5.90. The highest BCUT2D eigenvalue weighted by atomic mass is 16.5. The molecule has 2 heterocycles. The quantitative estimate of drug-likeness (QED) is 0.364. The van der Waals surface area contributed by atoms with E-state index in [2.05, 4.69) is 10.4 Å². The number of benzene rings is 2. The smallest absolute Gasteiger partial charge is 0.411 e. The highest BCUT2D eigenvalue weighted by molar-refractivity contribution is 6.02. The third kappa shape index (κ3) is 4.45. The van der Waals surface area contributed by atoms with E-state index >= 15 is 0 Å². The maximum atomic E-state index is 12.8. The van der Waals surface area contributed by atoms with Gasteiger partial charge in [0.15, 0.2) is 5.69 Å². The summed E-state index contributed by atoms with van der Waals surface area (Å²) >= 11 is 0. The predicted molar refractivity (Wildman–Crippen MR) is 119 cm³/mol. The van der Waals surface area contributed by atoms with Crippen molar-refractivity contribution >= 4 is 39.5 Å². The van der Waals surface area contributed by atoms with Gasteiger partial charge in [-0.3, -0.25) is 10.1 Å². The van der Waals surface area contributed by atoms with Gasteiger partial charge in [-0.05, 0) is 25.1 Å². The van der Waals surface area contributed by atoms with Crippen LogP contribution in [0.5, 0.6) is 0 Å². The number of carbonyl (C=O) groups excluding carboxylic acids is 2. The van der Waals surface area contributed by atoms with Crippen molar-refractivity contribution < 1.29 is 23.5 Å². The van der Waals surface area contributed by atoms with Gasteiger partial charge in [-0.25, -0.2) is 19.1 Å². The molecule has 10 heteroatoms. The summed E-state index contributed by atoms with van der Waals surface area (Å²) < 4.78 is 16.5. The number of esters is 1. The van der Waals surface area contributed by atoms with Crippen molar-refractivity contribution in [3.05, 3.63) is 80.6 Å². The van der Waals surface area contributed by atoms with Crippen molar-refractivity contribution in [2.45, 2.75) is 13.5 Å². The van der Waals surface area contributed by atoms with E-state index in [-0.39, 0.29) is 30.0 Å². The molecule has 0 radical (unpaired) electrons. The van der Waals surface area contributed by atoms with Crippen LogP contribution >= 0.6 is 0 Å². The van der Waals surface area contributed by atoms with Gasteiger partial charge in [0.05, 0.1) is 12.0 Å². The average Bonchev–Trinajstić information content (AvgIpc) is 2.79. The van der Waals surface area contributed by atoms with E-state index < -0.39 is 17.7 Å². The molecule has 0 fully saturated rings. The first-order valence-electron chi connectivity index (χ1n) is 10.0. The Labute approximate surface area is 186 Å². The SMILES string of the molecule is CCOC(=O)Nc1ccc2c(COC(=O)c3nn(C)c(=O)c4ccccc34)cc(=O)oc2c1. The molecule has 0 atom stereocenters. The molecule has 2 aromatic heterocycles. The van der Waals surface area contributed by atoms with Crippen LogP contribution in [0.2, 0.25) is 0 Å². The van der Waals surface area contributed by atoms with Gasteiger partial charge in [-0.1, -0.05) is 18.2 Å². The molecule has 0 bridgehead atoms. The molecule has 10 nitrogen and oxygen atoms in total. The number of carbonyl (C=O) groups is 2. The first kappa shape index (κ1) is 21.8. The van der Waals surface area contributed by atoms with Gasteiger partial charge in [-0.15, -0.1) is 0 Å². The first-order chi connectivity index (χ1) is 15.9. The molecule has 168 valence electrons. The van der Waals surface area contributed by atoms with Crippen molar-refractivity contribution in [3.63, 3.8) is 0 Å². The average molecular weight is 449 g/mol. The first-order valence-corrected chi connectivity index (χ1v) is 10.0. The van der Waals surface area contributed by atoms with Crippen LogP contribution < -0.4 is 16.5 Å². The number of nitrogens with one attached hydrogen (secondary N) is 1. The van der Waals surface area contributed by atoms with Gasteiger partial charge in [0.1, 0.15) is 12.2 Å². The Bertz CT molecular complexity index is 1500. The lowest BCUT2D eigenvalue weighted by Gasteiger charge is -2.10. The number of fused-ring (bicyclic) bond motifs is 2. The van der Waals surface area contributed by atoms with Crippen molar-refractivity contribution in [2.75, 3.05) is 11.9 Å². The summed E-state index contributed by atoms with van der Waals surface area (Å²) in [4.78, 5) is 48.7. The minimum Gasteiger partial charge on any atom is -0.456 e. The maximum Gasteiger partial charge on any atom is 0.411 e. The molecule has 0 aliphatic rings. The highest BCUT2D eigenvalue weighted by Gasteiger charge is 2.18. The standard InChI is InChI=1S/C23H19N3O7/c1-3-31-23(30)24-14-8-9-15-13(10-19(27)33-18(15)11-14)12-32-22(29)20-16-6-4-5-7-17(16)21(28)26(2)25-20/h4-11H,3,12H2,1-2H3,(H,24,30). The van der Waals surface area contributed by atoms with Crippen molar-refractivity contribution in [1.29, 1.82) is 0 Å². The molecule has 33 heavy (non-hydrogen) atoms. The van der Waals surface area contributed by atoms with E-state index in [0.29, 0.717) is 27.4 Å². The molecule has 0 aliphatic carbocycles. The second-order valence-corrected chi connectivity index (χ2v) is 7.05. The zero-order valence-electron chi connectivity index (χ0n) is 17.8. The van der Waals surface area contributed by atoms with Crippen LogP contribution in [-0.2, 0) is 23.1 Å². The lowest BCUT2D eigenvalue weighted by Crippen LogP contribution is -2.23. The van der Waals surface area contributed by atoms with Gasteiger partial charge < -0.3 is 13.9 Å². The number of anilines is 1. The molecule has 2 aromatic carbocycles. The fourth-order valence-corrected chi connectivity index (χ4v) is 3.37. The number of hydrogen-bond acceptors (Lipinski definition) is 8. The van der Waals surface area contributed by atoms with Crippen molar-refractivity contribution in [1.82, 2.24) is 9.78 Å². The number of aromatic nitrogens is 2. The summed E-state index contributed by atoms with van der Waals surface area (Å²) in [6.45, 7) is 1.66. The van der Waals surface area contributed by atoms with Crippen LogP contribution in [0.1, 0.15) is 23.0 Å². The summed E-state index contributed by atoms with van der Waals surface area (Å²) in [5, 5.41) is 7.81. The molecular formula is C23H19N3O7. The monoisotopic (exact) mass is 449 g/mol. The molecule has 0 unspecified atom stereocenters. The second kappa shape index (κ2) is 8.95. The molecule has 0 spiro atoms. The Morgan fingerprint density at radius 2 is 1.79 bits per heavy atom. The molecule has 4 aromatic rings. The number of hydrogen-bond donors (Lipinski definition) is 1. The zero-order chi connectivity index (χ0) is 23.5. The van der Waals surface area contributed by atoms with Crippen LogP contribution in [0, 0.1) is 0 Å². The Morgan fingerprint density at radius 3 is 2.55 bits per heavy atom. The van der Waals surface area contributed by atoms with Gasteiger partial charge in [0, 0.05) is 41.2 Å². The minimum atomic E-state index is -0.746.